The van der Waals surface area contributed by atoms with E-state index in [-0.39, 0.29) is 0 Å². The van der Waals surface area contributed by atoms with Gasteiger partial charge in [-0.25, -0.2) is 0 Å². The van der Waals surface area contributed by atoms with Gasteiger partial charge in [0.2, 0.25) is 0 Å². The van der Waals surface area contributed by atoms with Crippen molar-refractivity contribution in [2.24, 2.45) is 0 Å². The summed E-state index contributed by atoms with van der Waals surface area (Å²) in [5.41, 5.74) is 1.16. The van der Waals surface area contributed by atoms with Crippen LogP contribution in [0.4, 0.5) is 0 Å². The molecule has 3 nitrogen and oxygen atoms in total. The Labute approximate surface area is 111 Å². The van der Waals surface area contributed by atoms with Crippen molar-refractivity contribution in [3.05, 3.63) is 60.2 Å². The molecule has 2 N–H and O–H groups in total. The van der Waals surface area contributed by atoms with Crippen LogP contribution < -0.4 is 4.65 Å². The van der Waals surface area contributed by atoms with Gasteiger partial charge in [0.1, 0.15) is 5.75 Å². The molecule has 0 unspecified atom stereocenters. The van der Waals surface area contributed by atoms with E-state index in [4.69, 9.17) is 14.7 Å². The molecule has 0 radical (unpaired) electrons. The molecule has 0 bridgehead atoms. The fraction of sp³-hybridized carbons (Fsp3) is 0.0769. The Bertz CT molecular complexity index is 473. The quantitative estimate of drug-likeness (QED) is 0.640. The van der Waals surface area contributed by atoms with Crippen LogP contribution in [0.15, 0.2) is 59.5 Å². The summed E-state index contributed by atoms with van der Waals surface area (Å²) in [6.07, 6.45) is 0. The largest absolute Gasteiger partial charge is 0.707 e. The highest BCUT2D eigenvalue weighted by molar-refractivity contribution is 7.98. The van der Waals surface area contributed by atoms with Crippen molar-refractivity contribution in [1.82, 2.24) is 0 Å². The molecule has 0 saturated heterocycles. The van der Waals surface area contributed by atoms with Crippen LogP contribution in [0.2, 0.25) is 0 Å². The summed E-state index contributed by atoms with van der Waals surface area (Å²) in [6.45, 7) is 0. The molecule has 0 heterocycles. The summed E-state index contributed by atoms with van der Waals surface area (Å²) in [6, 6.07) is 17.4. The lowest BCUT2D eigenvalue weighted by atomic mass is 10.2. The lowest BCUT2D eigenvalue weighted by Gasteiger charge is -2.06. The average molecular weight is 260 g/mol. The minimum absolute atomic E-state index is 0.443. The predicted octanol–water partition coefficient (Wildman–Crippen LogP) is 2.33. The summed E-state index contributed by atoms with van der Waals surface area (Å²) in [5, 5.41) is 17.3. The Morgan fingerprint density at radius 1 is 0.944 bits per heavy atom. The Morgan fingerprint density at radius 3 is 2.22 bits per heavy atom. The maximum atomic E-state index is 8.66. The number of hydrogen-bond donors (Lipinski definition) is 2. The molecular formula is C13H13BO3S. The zero-order valence-electron chi connectivity index (χ0n) is 9.69. The van der Waals surface area contributed by atoms with Crippen LogP contribution in [0.1, 0.15) is 5.56 Å². The predicted molar refractivity (Wildman–Crippen MR) is 73.3 cm³/mol. The number of benzene rings is 2. The SMILES string of the molecule is OB(O)Oc1ccc(CSc2ccccc2)cc1. The second-order valence-electron chi connectivity index (χ2n) is 3.69. The Morgan fingerprint density at radius 2 is 1.61 bits per heavy atom. The molecule has 0 aliphatic carbocycles. The summed E-state index contributed by atoms with van der Waals surface area (Å²) < 4.78 is 4.74. The average Bonchev–Trinajstić information content (AvgIpc) is 2.38. The molecule has 0 aromatic heterocycles. The van der Waals surface area contributed by atoms with Crippen molar-refractivity contribution < 1.29 is 14.7 Å². The molecule has 0 aliphatic heterocycles. The molecule has 0 atom stereocenters. The third-order valence-electron chi connectivity index (χ3n) is 2.31. The summed E-state index contributed by atoms with van der Waals surface area (Å²) in [7, 11) is -1.77. The second-order valence-corrected chi connectivity index (χ2v) is 4.74. The molecule has 0 amide bonds. The van der Waals surface area contributed by atoms with Crippen molar-refractivity contribution in [2.75, 3.05) is 0 Å². The first-order valence-electron chi connectivity index (χ1n) is 5.53. The summed E-state index contributed by atoms with van der Waals surface area (Å²) in [4.78, 5) is 1.23. The first-order valence-corrected chi connectivity index (χ1v) is 6.52. The second kappa shape index (κ2) is 6.49. The van der Waals surface area contributed by atoms with Crippen LogP contribution in [0.25, 0.3) is 0 Å². The lowest BCUT2D eigenvalue weighted by molar-refractivity contribution is 0.288. The first kappa shape index (κ1) is 13.0. The highest BCUT2D eigenvalue weighted by Crippen LogP contribution is 2.23. The summed E-state index contributed by atoms with van der Waals surface area (Å²) in [5.74, 6) is 1.31. The van der Waals surface area contributed by atoms with Crippen LogP contribution in [-0.4, -0.2) is 17.4 Å². The van der Waals surface area contributed by atoms with Crippen molar-refractivity contribution in [3.8, 4) is 5.75 Å². The molecule has 0 aliphatic rings. The zero-order chi connectivity index (χ0) is 12.8. The Balaban J connectivity index is 1.90. The van der Waals surface area contributed by atoms with Crippen molar-refractivity contribution >= 4 is 19.1 Å². The normalized spacial score (nSPS) is 10.1. The minimum atomic E-state index is -1.77. The smallest absolute Gasteiger partial charge is 0.512 e. The fourth-order valence-corrected chi connectivity index (χ4v) is 2.34. The van der Waals surface area contributed by atoms with Crippen LogP contribution >= 0.6 is 11.8 Å². The van der Waals surface area contributed by atoms with E-state index >= 15 is 0 Å². The fourth-order valence-electron chi connectivity index (χ4n) is 1.47. The molecule has 2 aromatic carbocycles. The molecule has 92 valence electrons. The summed E-state index contributed by atoms with van der Waals surface area (Å²) >= 11 is 1.75. The number of hydrogen-bond acceptors (Lipinski definition) is 4. The van der Waals surface area contributed by atoms with Crippen LogP contribution in [0, 0.1) is 0 Å². The highest BCUT2D eigenvalue weighted by atomic mass is 32.2. The maximum Gasteiger partial charge on any atom is 0.707 e. The van der Waals surface area contributed by atoms with Gasteiger partial charge in [0, 0.05) is 10.6 Å². The molecule has 0 spiro atoms. The van der Waals surface area contributed by atoms with Gasteiger partial charge >= 0.3 is 7.32 Å². The molecule has 5 heteroatoms. The highest BCUT2D eigenvalue weighted by Gasteiger charge is 2.10. The number of thioether (sulfide) groups is 1. The van der Waals surface area contributed by atoms with Gasteiger partial charge in [-0.2, -0.15) is 0 Å². The lowest BCUT2D eigenvalue weighted by Crippen LogP contribution is -2.20. The van der Waals surface area contributed by atoms with Gasteiger partial charge in [0.05, 0.1) is 0 Å². The van der Waals surface area contributed by atoms with Gasteiger partial charge < -0.3 is 14.7 Å². The van der Waals surface area contributed by atoms with E-state index in [0.717, 1.165) is 11.3 Å². The Kier molecular flexibility index (Phi) is 4.69. The third-order valence-corrected chi connectivity index (χ3v) is 3.40. The van der Waals surface area contributed by atoms with Crippen LogP contribution in [0.5, 0.6) is 5.75 Å². The van der Waals surface area contributed by atoms with Gasteiger partial charge in [-0.05, 0) is 29.8 Å². The minimum Gasteiger partial charge on any atom is -0.512 e. The van der Waals surface area contributed by atoms with Crippen LogP contribution in [-0.2, 0) is 5.75 Å². The van der Waals surface area contributed by atoms with Crippen molar-refractivity contribution in [1.29, 1.82) is 0 Å². The number of rotatable bonds is 5. The first-order chi connectivity index (χ1) is 8.74. The molecule has 2 aromatic rings. The van der Waals surface area contributed by atoms with Crippen LogP contribution in [0.3, 0.4) is 0 Å². The van der Waals surface area contributed by atoms with Gasteiger partial charge in [0.25, 0.3) is 0 Å². The van der Waals surface area contributed by atoms with Gasteiger partial charge in [-0.3, -0.25) is 0 Å². The monoisotopic (exact) mass is 260 g/mol. The zero-order valence-corrected chi connectivity index (χ0v) is 10.5. The van der Waals surface area contributed by atoms with E-state index in [1.807, 2.05) is 30.3 Å². The van der Waals surface area contributed by atoms with E-state index in [9.17, 15) is 0 Å². The van der Waals surface area contributed by atoms with Gasteiger partial charge in [0.15, 0.2) is 0 Å². The van der Waals surface area contributed by atoms with Crippen molar-refractivity contribution in [3.63, 3.8) is 0 Å². The molecular weight excluding hydrogens is 247 g/mol. The van der Waals surface area contributed by atoms with Gasteiger partial charge in [-0.15, -0.1) is 11.8 Å². The topological polar surface area (TPSA) is 49.7 Å². The van der Waals surface area contributed by atoms with E-state index in [1.165, 1.54) is 4.90 Å². The molecule has 0 saturated carbocycles. The third kappa shape index (κ3) is 4.11. The van der Waals surface area contributed by atoms with E-state index in [2.05, 4.69) is 12.1 Å². The molecule has 0 fully saturated rings. The molecule has 18 heavy (non-hydrogen) atoms. The molecule has 2 rings (SSSR count). The van der Waals surface area contributed by atoms with E-state index < -0.39 is 7.32 Å². The Hall–Kier alpha value is -1.43. The van der Waals surface area contributed by atoms with E-state index in [0.29, 0.717) is 5.75 Å². The van der Waals surface area contributed by atoms with Gasteiger partial charge in [-0.1, -0.05) is 30.3 Å². The van der Waals surface area contributed by atoms with E-state index in [1.54, 1.807) is 23.9 Å². The van der Waals surface area contributed by atoms with Crippen molar-refractivity contribution in [2.45, 2.75) is 10.6 Å². The maximum absolute atomic E-state index is 8.66. The standard InChI is InChI=1S/C13H13BO3S/c15-14(16)17-12-8-6-11(7-9-12)10-18-13-4-2-1-3-5-13/h1-9,15-16H,10H2.